The Bertz CT molecular complexity index is 1250. The maximum atomic E-state index is 12.4. The van der Waals surface area contributed by atoms with Gasteiger partial charge in [-0.3, -0.25) is 5.10 Å². The molecule has 3 aromatic heterocycles. The van der Waals surface area contributed by atoms with Crippen LogP contribution >= 0.6 is 11.3 Å². The van der Waals surface area contributed by atoms with E-state index in [0.29, 0.717) is 13.1 Å². The standard InChI is InChI=1S/C22H24N6O2S/c1-3-28(4-2)22(29)30-15-6-7-16-18(10-15)31-21-19(16)20(23-12-24-21)26-14-5-8-17-13(9-14)11-25-27-17/h5,8-9,11-12,15H,3-4,6-7,10H2,1-2H3,(H,25,27)(H,23,24,26). The van der Waals surface area contributed by atoms with Gasteiger partial charge in [-0.05, 0) is 50.5 Å². The summed E-state index contributed by atoms with van der Waals surface area (Å²) in [5.74, 6) is 0.809. The first-order valence-corrected chi connectivity index (χ1v) is 11.4. The number of rotatable bonds is 5. The zero-order valence-electron chi connectivity index (χ0n) is 17.5. The predicted molar refractivity (Wildman–Crippen MR) is 122 cm³/mol. The number of nitrogens with one attached hydrogen (secondary N) is 2. The van der Waals surface area contributed by atoms with Crippen molar-refractivity contribution >= 4 is 50.1 Å². The Morgan fingerprint density at radius 1 is 1.32 bits per heavy atom. The van der Waals surface area contributed by atoms with Gasteiger partial charge in [0.05, 0.1) is 17.1 Å². The zero-order valence-corrected chi connectivity index (χ0v) is 18.3. The molecule has 5 rings (SSSR count). The molecule has 0 spiro atoms. The normalized spacial score (nSPS) is 15.7. The van der Waals surface area contributed by atoms with Crippen LogP contribution in [0.1, 0.15) is 30.7 Å². The van der Waals surface area contributed by atoms with Crippen LogP contribution < -0.4 is 5.32 Å². The Morgan fingerprint density at radius 2 is 2.19 bits per heavy atom. The van der Waals surface area contributed by atoms with Crippen molar-refractivity contribution in [1.82, 2.24) is 25.1 Å². The number of hydrogen-bond donors (Lipinski definition) is 2. The van der Waals surface area contributed by atoms with Crippen molar-refractivity contribution in [3.05, 3.63) is 41.2 Å². The number of aryl methyl sites for hydroxylation is 1. The summed E-state index contributed by atoms with van der Waals surface area (Å²) < 4.78 is 5.78. The van der Waals surface area contributed by atoms with Crippen LogP contribution in [0.2, 0.25) is 0 Å². The molecule has 1 atom stereocenters. The molecule has 9 heteroatoms. The lowest BCUT2D eigenvalue weighted by Gasteiger charge is -2.26. The Balaban J connectivity index is 1.41. The number of anilines is 2. The van der Waals surface area contributed by atoms with Gasteiger partial charge in [0.25, 0.3) is 0 Å². The summed E-state index contributed by atoms with van der Waals surface area (Å²) in [5, 5.41) is 12.6. The van der Waals surface area contributed by atoms with Crippen LogP contribution in [-0.4, -0.2) is 50.4 Å². The number of hydrogen-bond acceptors (Lipinski definition) is 7. The molecule has 1 aliphatic rings. The van der Waals surface area contributed by atoms with Crippen molar-refractivity contribution in [2.75, 3.05) is 18.4 Å². The zero-order chi connectivity index (χ0) is 21.4. The van der Waals surface area contributed by atoms with E-state index in [2.05, 4.69) is 25.5 Å². The number of thiophene rings is 1. The molecule has 160 valence electrons. The second-order valence-electron chi connectivity index (χ2n) is 7.62. The average Bonchev–Trinajstić information content (AvgIpc) is 3.38. The molecule has 1 amide bonds. The van der Waals surface area contributed by atoms with Crippen molar-refractivity contribution in [2.45, 2.75) is 39.2 Å². The molecule has 4 aromatic rings. The van der Waals surface area contributed by atoms with Gasteiger partial charge in [-0.25, -0.2) is 14.8 Å². The molecule has 3 heterocycles. The SMILES string of the molecule is CCN(CC)C(=O)OC1CCc2c(sc3ncnc(Nc4ccc5[nH]ncc5c4)c23)C1. The minimum atomic E-state index is -0.226. The summed E-state index contributed by atoms with van der Waals surface area (Å²) in [4.78, 5) is 25.3. The van der Waals surface area contributed by atoms with E-state index in [1.165, 1.54) is 10.4 Å². The summed E-state index contributed by atoms with van der Waals surface area (Å²) in [6.07, 6.45) is 5.46. The second kappa shape index (κ2) is 8.14. The minimum absolute atomic E-state index is 0.0958. The molecule has 0 bridgehead atoms. The summed E-state index contributed by atoms with van der Waals surface area (Å²) in [5.41, 5.74) is 3.22. The van der Waals surface area contributed by atoms with Gasteiger partial charge in [0.1, 0.15) is 23.1 Å². The number of aromatic nitrogens is 4. The van der Waals surface area contributed by atoms with E-state index in [-0.39, 0.29) is 12.2 Å². The van der Waals surface area contributed by atoms with E-state index >= 15 is 0 Å². The molecule has 31 heavy (non-hydrogen) atoms. The second-order valence-corrected chi connectivity index (χ2v) is 8.71. The van der Waals surface area contributed by atoms with Crippen LogP contribution in [-0.2, 0) is 17.6 Å². The first kappa shape index (κ1) is 19.7. The lowest BCUT2D eigenvalue weighted by atomic mass is 9.94. The van der Waals surface area contributed by atoms with E-state index < -0.39 is 0 Å². The molecule has 0 saturated carbocycles. The molecule has 0 aliphatic heterocycles. The van der Waals surface area contributed by atoms with Gasteiger partial charge in [-0.2, -0.15) is 5.10 Å². The van der Waals surface area contributed by atoms with Gasteiger partial charge >= 0.3 is 6.09 Å². The molecule has 0 radical (unpaired) electrons. The lowest BCUT2D eigenvalue weighted by molar-refractivity contribution is 0.0597. The number of nitrogens with zero attached hydrogens (tertiary/aromatic N) is 4. The fourth-order valence-electron chi connectivity index (χ4n) is 4.13. The van der Waals surface area contributed by atoms with Crippen molar-refractivity contribution in [3.8, 4) is 0 Å². The summed E-state index contributed by atoms with van der Waals surface area (Å²) >= 11 is 1.67. The Labute approximate surface area is 183 Å². The highest BCUT2D eigenvalue weighted by Gasteiger charge is 2.28. The number of fused-ring (bicyclic) bond motifs is 4. The summed E-state index contributed by atoms with van der Waals surface area (Å²) in [6.45, 7) is 5.25. The molecule has 8 nitrogen and oxygen atoms in total. The number of H-pyrrole nitrogens is 1. The minimum Gasteiger partial charge on any atom is -0.446 e. The maximum absolute atomic E-state index is 12.4. The highest BCUT2D eigenvalue weighted by atomic mass is 32.1. The average molecular weight is 437 g/mol. The molecule has 2 N–H and O–H groups in total. The number of amides is 1. The number of aromatic amines is 1. The smallest absolute Gasteiger partial charge is 0.410 e. The quantitative estimate of drug-likeness (QED) is 0.473. The van der Waals surface area contributed by atoms with Gasteiger partial charge in [0.15, 0.2) is 0 Å². The fourth-order valence-corrected chi connectivity index (χ4v) is 5.38. The third-order valence-corrected chi connectivity index (χ3v) is 6.95. The molecular formula is C22H24N6O2S. The third kappa shape index (κ3) is 3.69. The highest BCUT2D eigenvalue weighted by Crippen LogP contribution is 2.39. The van der Waals surface area contributed by atoms with Crippen molar-refractivity contribution in [3.63, 3.8) is 0 Å². The van der Waals surface area contributed by atoms with Crippen molar-refractivity contribution < 1.29 is 9.53 Å². The maximum Gasteiger partial charge on any atom is 0.410 e. The Hall–Kier alpha value is -3.20. The van der Waals surface area contributed by atoms with E-state index in [0.717, 1.165) is 51.9 Å². The first-order chi connectivity index (χ1) is 15.2. The van der Waals surface area contributed by atoms with Crippen LogP contribution in [0.25, 0.3) is 21.1 Å². The van der Waals surface area contributed by atoms with Gasteiger partial charge < -0.3 is 15.0 Å². The highest BCUT2D eigenvalue weighted by molar-refractivity contribution is 7.19. The molecule has 1 unspecified atom stereocenters. The molecule has 0 fully saturated rings. The van der Waals surface area contributed by atoms with E-state index in [1.807, 2.05) is 38.2 Å². The van der Waals surface area contributed by atoms with E-state index in [1.54, 1.807) is 22.6 Å². The van der Waals surface area contributed by atoms with Crippen LogP contribution in [0.15, 0.2) is 30.7 Å². The van der Waals surface area contributed by atoms with Crippen LogP contribution in [0.4, 0.5) is 16.3 Å². The number of ether oxygens (including phenoxy) is 1. The predicted octanol–water partition coefficient (Wildman–Crippen LogP) is 4.65. The summed E-state index contributed by atoms with van der Waals surface area (Å²) in [6, 6.07) is 6.06. The lowest BCUT2D eigenvalue weighted by Crippen LogP contribution is -2.35. The van der Waals surface area contributed by atoms with Crippen molar-refractivity contribution in [1.29, 1.82) is 0 Å². The number of carbonyl (C=O) groups excluding carboxylic acids is 1. The molecule has 1 aliphatic carbocycles. The Morgan fingerprint density at radius 3 is 3.03 bits per heavy atom. The van der Waals surface area contributed by atoms with Gasteiger partial charge in [0.2, 0.25) is 0 Å². The monoisotopic (exact) mass is 436 g/mol. The van der Waals surface area contributed by atoms with Gasteiger partial charge in [0, 0.05) is 35.5 Å². The fraction of sp³-hybridized carbons (Fsp3) is 0.364. The molecular weight excluding hydrogens is 412 g/mol. The number of benzene rings is 1. The van der Waals surface area contributed by atoms with Crippen molar-refractivity contribution in [2.24, 2.45) is 0 Å². The largest absolute Gasteiger partial charge is 0.446 e. The first-order valence-electron chi connectivity index (χ1n) is 10.6. The summed E-state index contributed by atoms with van der Waals surface area (Å²) in [7, 11) is 0. The van der Waals surface area contributed by atoms with Crippen LogP contribution in [0.5, 0.6) is 0 Å². The van der Waals surface area contributed by atoms with Crippen LogP contribution in [0, 0.1) is 0 Å². The number of carbonyl (C=O) groups is 1. The van der Waals surface area contributed by atoms with Crippen LogP contribution in [0.3, 0.4) is 0 Å². The third-order valence-electron chi connectivity index (χ3n) is 5.79. The Kier molecular flexibility index (Phi) is 5.19. The molecule has 0 saturated heterocycles. The van der Waals surface area contributed by atoms with E-state index in [9.17, 15) is 4.79 Å². The van der Waals surface area contributed by atoms with Gasteiger partial charge in [-0.15, -0.1) is 11.3 Å². The van der Waals surface area contributed by atoms with E-state index in [4.69, 9.17) is 4.74 Å². The van der Waals surface area contributed by atoms with Gasteiger partial charge in [-0.1, -0.05) is 0 Å². The molecule has 1 aromatic carbocycles. The topological polar surface area (TPSA) is 96.0 Å².